The van der Waals surface area contributed by atoms with E-state index in [0.29, 0.717) is 11.2 Å². The van der Waals surface area contributed by atoms with Gasteiger partial charge < -0.3 is 4.52 Å². The van der Waals surface area contributed by atoms with E-state index in [0.717, 1.165) is 23.4 Å². The van der Waals surface area contributed by atoms with Crippen molar-refractivity contribution in [1.29, 1.82) is 0 Å². The Hall–Kier alpha value is -1.09. The van der Waals surface area contributed by atoms with Crippen molar-refractivity contribution in [1.82, 2.24) is 5.16 Å². The van der Waals surface area contributed by atoms with Crippen LogP contribution in [-0.4, -0.2) is 5.16 Å². The average molecular weight is 294 g/mol. The Morgan fingerprint density at radius 1 is 1.24 bits per heavy atom. The lowest BCUT2D eigenvalue weighted by molar-refractivity contribution is 0.398. The average Bonchev–Trinajstić information content (AvgIpc) is 2.78. The van der Waals surface area contributed by atoms with Crippen LogP contribution in [0.4, 0.5) is 0 Å². The van der Waals surface area contributed by atoms with Gasteiger partial charge in [-0.25, -0.2) is 0 Å². The molecule has 0 atom stereocenters. The highest BCUT2D eigenvalue weighted by molar-refractivity contribution is 9.08. The number of benzene rings is 1. The molecule has 0 amide bonds. The van der Waals surface area contributed by atoms with Crippen molar-refractivity contribution >= 4 is 15.9 Å². The molecule has 3 heteroatoms. The summed E-state index contributed by atoms with van der Waals surface area (Å²) in [6.07, 6.45) is 1.12. The van der Waals surface area contributed by atoms with Crippen LogP contribution < -0.4 is 0 Å². The fraction of sp³-hybridized carbons (Fsp3) is 0.357. The number of alkyl halides is 1. The van der Waals surface area contributed by atoms with Crippen LogP contribution in [0.1, 0.15) is 25.2 Å². The van der Waals surface area contributed by atoms with E-state index < -0.39 is 0 Å². The second-order valence-corrected chi connectivity index (χ2v) is 5.17. The monoisotopic (exact) mass is 293 g/mol. The molecule has 2 aromatic rings. The Bertz CT molecular complexity index is 473. The number of aromatic nitrogens is 1. The summed E-state index contributed by atoms with van der Waals surface area (Å²) < 4.78 is 5.17. The van der Waals surface area contributed by atoms with E-state index >= 15 is 0 Å². The summed E-state index contributed by atoms with van der Waals surface area (Å²) in [5.41, 5.74) is 3.37. The second kappa shape index (κ2) is 5.50. The molecular formula is C14H16BrNO. The Morgan fingerprint density at radius 2 is 1.94 bits per heavy atom. The van der Waals surface area contributed by atoms with E-state index in [1.54, 1.807) is 0 Å². The van der Waals surface area contributed by atoms with E-state index in [-0.39, 0.29) is 0 Å². The smallest absolute Gasteiger partial charge is 0.147 e. The number of halogens is 1. The third kappa shape index (κ3) is 3.19. The molecule has 0 aliphatic heterocycles. The largest absolute Gasteiger partial charge is 0.360 e. The number of nitrogens with zero attached hydrogens (tertiary/aromatic N) is 1. The van der Waals surface area contributed by atoms with Gasteiger partial charge >= 0.3 is 0 Å². The van der Waals surface area contributed by atoms with Crippen molar-refractivity contribution in [2.24, 2.45) is 5.92 Å². The van der Waals surface area contributed by atoms with Gasteiger partial charge in [0.2, 0.25) is 0 Å². The minimum atomic E-state index is 0.688. The molecule has 0 aliphatic carbocycles. The van der Waals surface area contributed by atoms with Crippen molar-refractivity contribution in [2.45, 2.75) is 25.6 Å². The van der Waals surface area contributed by atoms with Crippen LogP contribution in [0.5, 0.6) is 0 Å². The molecule has 0 radical (unpaired) electrons. The molecule has 1 aromatic carbocycles. The maximum absolute atomic E-state index is 5.17. The maximum Gasteiger partial charge on any atom is 0.147 e. The maximum atomic E-state index is 5.17. The molecule has 2 nitrogen and oxygen atoms in total. The number of rotatable bonds is 4. The van der Waals surface area contributed by atoms with Crippen LogP contribution in [0.25, 0.3) is 11.3 Å². The van der Waals surface area contributed by atoms with E-state index in [9.17, 15) is 0 Å². The zero-order valence-corrected chi connectivity index (χ0v) is 11.7. The molecule has 0 aliphatic rings. The summed E-state index contributed by atoms with van der Waals surface area (Å²) in [5.74, 6) is 1.54. The van der Waals surface area contributed by atoms with Crippen LogP contribution in [-0.2, 0) is 11.8 Å². The molecule has 1 aromatic heterocycles. The summed E-state index contributed by atoms with van der Waals surface area (Å²) in [7, 11) is 0. The molecule has 0 unspecified atom stereocenters. The van der Waals surface area contributed by atoms with Crippen LogP contribution in [0.3, 0.4) is 0 Å². The van der Waals surface area contributed by atoms with Crippen molar-refractivity contribution in [3.63, 3.8) is 0 Å². The lowest BCUT2D eigenvalue weighted by Crippen LogP contribution is -1.93. The highest BCUT2D eigenvalue weighted by Crippen LogP contribution is 2.21. The van der Waals surface area contributed by atoms with E-state index in [2.05, 4.69) is 59.2 Å². The molecule has 0 saturated carbocycles. The zero-order chi connectivity index (χ0) is 12.3. The Morgan fingerprint density at radius 3 is 2.47 bits per heavy atom. The highest BCUT2D eigenvalue weighted by atomic mass is 79.9. The van der Waals surface area contributed by atoms with Crippen LogP contribution in [0, 0.1) is 5.92 Å². The molecule has 0 saturated heterocycles. The van der Waals surface area contributed by atoms with Gasteiger partial charge in [0.15, 0.2) is 0 Å². The van der Waals surface area contributed by atoms with E-state index in [1.165, 1.54) is 5.56 Å². The van der Waals surface area contributed by atoms with Crippen LogP contribution in [0.15, 0.2) is 34.9 Å². The van der Waals surface area contributed by atoms with Gasteiger partial charge in [-0.1, -0.05) is 59.2 Å². The zero-order valence-electron chi connectivity index (χ0n) is 10.1. The van der Waals surface area contributed by atoms with Gasteiger partial charge in [-0.2, -0.15) is 0 Å². The molecule has 0 N–H and O–H groups in total. The molecule has 2 rings (SSSR count). The van der Waals surface area contributed by atoms with Crippen LogP contribution >= 0.6 is 15.9 Å². The minimum absolute atomic E-state index is 0.688. The summed E-state index contributed by atoms with van der Waals surface area (Å²) in [6.45, 7) is 4.46. The molecule has 0 fully saturated rings. The molecule has 17 heavy (non-hydrogen) atoms. The topological polar surface area (TPSA) is 26.0 Å². The molecule has 0 bridgehead atoms. The SMILES string of the molecule is CC(C)Cc1ccc(-c2cc(CBr)on2)cc1. The first-order valence-electron chi connectivity index (χ1n) is 5.80. The minimum Gasteiger partial charge on any atom is -0.360 e. The van der Waals surface area contributed by atoms with Gasteiger partial charge in [-0.05, 0) is 17.9 Å². The lowest BCUT2D eigenvalue weighted by Gasteiger charge is -2.04. The predicted octanol–water partition coefficient (Wildman–Crippen LogP) is 4.44. The van der Waals surface area contributed by atoms with Crippen molar-refractivity contribution < 1.29 is 4.52 Å². The molecular weight excluding hydrogens is 278 g/mol. The lowest BCUT2D eigenvalue weighted by atomic mass is 10.0. The molecule has 0 spiro atoms. The second-order valence-electron chi connectivity index (χ2n) is 4.61. The van der Waals surface area contributed by atoms with Gasteiger partial charge in [0.05, 0.1) is 5.33 Å². The van der Waals surface area contributed by atoms with Crippen molar-refractivity contribution in [3.8, 4) is 11.3 Å². The third-order valence-corrected chi connectivity index (χ3v) is 3.14. The number of hydrogen-bond donors (Lipinski definition) is 0. The first-order valence-corrected chi connectivity index (χ1v) is 6.92. The van der Waals surface area contributed by atoms with Gasteiger partial charge in [-0.15, -0.1) is 0 Å². The summed E-state index contributed by atoms with van der Waals surface area (Å²) in [6, 6.07) is 10.5. The number of hydrogen-bond acceptors (Lipinski definition) is 2. The fourth-order valence-corrected chi connectivity index (χ4v) is 2.06. The Balaban J connectivity index is 2.17. The van der Waals surface area contributed by atoms with Crippen molar-refractivity contribution in [2.75, 3.05) is 0 Å². The van der Waals surface area contributed by atoms with E-state index in [1.807, 2.05) is 6.07 Å². The quantitative estimate of drug-likeness (QED) is 0.779. The van der Waals surface area contributed by atoms with Gasteiger partial charge in [-0.3, -0.25) is 0 Å². The molecule has 1 heterocycles. The summed E-state index contributed by atoms with van der Waals surface area (Å²) in [4.78, 5) is 0. The normalized spacial score (nSPS) is 11.1. The predicted molar refractivity (Wildman–Crippen MR) is 73.1 cm³/mol. The Kier molecular flexibility index (Phi) is 4.00. The first-order chi connectivity index (χ1) is 8.19. The summed E-state index contributed by atoms with van der Waals surface area (Å²) >= 11 is 3.35. The van der Waals surface area contributed by atoms with Gasteiger partial charge in [0.1, 0.15) is 11.5 Å². The van der Waals surface area contributed by atoms with Crippen LogP contribution in [0.2, 0.25) is 0 Å². The third-order valence-electron chi connectivity index (χ3n) is 2.58. The molecule has 90 valence electrons. The standard InChI is InChI=1S/C14H16BrNO/c1-10(2)7-11-3-5-12(6-4-11)14-8-13(9-15)17-16-14/h3-6,8,10H,7,9H2,1-2H3. The van der Waals surface area contributed by atoms with Gasteiger partial charge in [0, 0.05) is 11.6 Å². The first kappa shape index (κ1) is 12.4. The summed E-state index contributed by atoms with van der Waals surface area (Å²) in [5, 5.41) is 4.74. The highest BCUT2D eigenvalue weighted by Gasteiger charge is 2.05. The Labute approximate surface area is 110 Å². The van der Waals surface area contributed by atoms with E-state index in [4.69, 9.17) is 4.52 Å². The van der Waals surface area contributed by atoms with Crippen molar-refractivity contribution in [3.05, 3.63) is 41.7 Å². The van der Waals surface area contributed by atoms with Gasteiger partial charge in [0.25, 0.3) is 0 Å². The fourth-order valence-electron chi connectivity index (χ4n) is 1.80.